The zero-order chi connectivity index (χ0) is 11.5. The van der Waals surface area contributed by atoms with Gasteiger partial charge in [-0.3, -0.25) is 4.90 Å². The van der Waals surface area contributed by atoms with E-state index in [1.54, 1.807) is 0 Å². The highest BCUT2D eigenvalue weighted by atomic mass is 15.2. The molecular weight excluding hydrogens is 196 g/mol. The zero-order valence-electron chi connectivity index (χ0n) is 11.2. The Morgan fingerprint density at radius 3 is 2.31 bits per heavy atom. The first kappa shape index (κ1) is 12.4. The van der Waals surface area contributed by atoms with Crippen molar-refractivity contribution < 1.29 is 0 Å². The molecule has 0 aromatic heterocycles. The Morgan fingerprint density at radius 1 is 1.06 bits per heavy atom. The molecule has 0 amide bonds. The third-order valence-electron chi connectivity index (χ3n) is 4.56. The summed E-state index contributed by atoms with van der Waals surface area (Å²) in [4.78, 5) is 2.60. The standard InChI is InChI=1S/C14H28N2/c1-11(2)16-9-8-14(10-16)15-12(3)13-6-4-5-7-13/h11-15H,4-10H2,1-3H3/t12-,14?/m0/s1. The Bertz CT molecular complexity index is 209. The minimum atomic E-state index is 0.716. The predicted octanol–water partition coefficient (Wildman–Crippen LogP) is 2.64. The second-order valence-corrected chi connectivity index (χ2v) is 6.07. The van der Waals surface area contributed by atoms with Gasteiger partial charge in [0.2, 0.25) is 0 Å². The molecular formula is C14H28N2. The van der Waals surface area contributed by atoms with Crippen LogP contribution in [-0.4, -0.2) is 36.1 Å². The summed E-state index contributed by atoms with van der Waals surface area (Å²) in [6, 6.07) is 2.20. The molecule has 1 saturated heterocycles. The van der Waals surface area contributed by atoms with Gasteiger partial charge in [-0.2, -0.15) is 0 Å². The molecule has 2 atom stereocenters. The summed E-state index contributed by atoms with van der Waals surface area (Å²) in [6.45, 7) is 9.56. The predicted molar refractivity (Wildman–Crippen MR) is 69.7 cm³/mol. The Balaban J connectivity index is 1.73. The molecule has 0 aromatic carbocycles. The van der Waals surface area contributed by atoms with Crippen LogP contribution in [0.25, 0.3) is 0 Å². The number of nitrogens with one attached hydrogen (secondary N) is 1. The summed E-state index contributed by atoms with van der Waals surface area (Å²) in [6.07, 6.45) is 7.16. The SMILES string of the molecule is CC(C)N1CCC(N[C@@H](C)C2CCCC2)C1. The second kappa shape index (κ2) is 5.50. The molecule has 0 radical (unpaired) electrons. The lowest BCUT2D eigenvalue weighted by atomic mass is 9.99. The van der Waals surface area contributed by atoms with E-state index in [0.717, 1.165) is 18.0 Å². The Kier molecular flexibility index (Phi) is 4.26. The Hall–Kier alpha value is -0.0800. The van der Waals surface area contributed by atoms with Crippen molar-refractivity contribution in [1.29, 1.82) is 0 Å². The smallest absolute Gasteiger partial charge is 0.0209 e. The van der Waals surface area contributed by atoms with Gasteiger partial charge in [0.25, 0.3) is 0 Å². The van der Waals surface area contributed by atoms with Gasteiger partial charge in [-0.25, -0.2) is 0 Å². The van der Waals surface area contributed by atoms with Gasteiger partial charge in [0, 0.05) is 24.7 Å². The summed E-state index contributed by atoms with van der Waals surface area (Å²) < 4.78 is 0. The number of likely N-dealkylation sites (tertiary alicyclic amines) is 1. The average Bonchev–Trinajstić information content (AvgIpc) is 2.87. The van der Waals surface area contributed by atoms with E-state index in [2.05, 4.69) is 31.0 Å². The molecule has 1 unspecified atom stereocenters. The van der Waals surface area contributed by atoms with Crippen LogP contribution in [0, 0.1) is 5.92 Å². The number of rotatable bonds is 4. The van der Waals surface area contributed by atoms with Gasteiger partial charge >= 0.3 is 0 Å². The van der Waals surface area contributed by atoms with Crippen molar-refractivity contribution in [2.45, 2.75) is 71.0 Å². The highest BCUT2D eigenvalue weighted by Gasteiger charge is 2.28. The van der Waals surface area contributed by atoms with Crippen molar-refractivity contribution in [1.82, 2.24) is 10.2 Å². The van der Waals surface area contributed by atoms with Crippen molar-refractivity contribution in [3.8, 4) is 0 Å². The molecule has 1 heterocycles. The number of nitrogens with zero attached hydrogens (tertiary/aromatic N) is 1. The van der Waals surface area contributed by atoms with Gasteiger partial charge in [0.15, 0.2) is 0 Å². The van der Waals surface area contributed by atoms with Gasteiger partial charge < -0.3 is 5.32 Å². The molecule has 16 heavy (non-hydrogen) atoms. The van der Waals surface area contributed by atoms with Crippen LogP contribution in [0.1, 0.15) is 52.9 Å². The second-order valence-electron chi connectivity index (χ2n) is 6.07. The van der Waals surface area contributed by atoms with Gasteiger partial charge in [-0.15, -0.1) is 0 Å². The summed E-state index contributed by atoms with van der Waals surface area (Å²) >= 11 is 0. The van der Waals surface area contributed by atoms with E-state index in [1.165, 1.54) is 45.2 Å². The molecule has 0 spiro atoms. The lowest BCUT2D eigenvalue weighted by molar-refractivity contribution is 0.260. The third kappa shape index (κ3) is 2.98. The normalized spacial score (nSPS) is 30.4. The Labute approximate surface area is 101 Å². The van der Waals surface area contributed by atoms with Crippen LogP contribution in [0.5, 0.6) is 0 Å². The molecule has 1 aliphatic heterocycles. The minimum Gasteiger partial charge on any atom is -0.310 e. The van der Waals surface area contributed by atoms with Crippen LogP contribution < -0.4 is 5.32 Å². The lowest BCUT2D eigenvalue weighted by Crippen LogP contribution is -2.42. The molecule has 1 aliphatic carbocycles. The van der Waals surface area contributed by atoms with Crippen molar-refractivity contribution in [3.05, 3.63) is 0 Å². The maximum absolute atomic E-state index is 3.86. The monoisotopic (exact) mass is 224 g/mol. The van der Waals surface area contributed by atoms with Crippen LogP contribution in [0.3, 0.4) is 0 Å². The van der Waals surface area contributed by atoms with Crippen LogP contribution in [0.15, 0.2) is 0 Å². The van der Waals surface area contributed by atoms with Crippen LogP contribution in [0.4, 0.5) is 0 Å². The van der Waals surface area contributed by atoms with Gasteiger partial charge in [0.05, 0.1) is 0 Å². The van der Waals surface area contributed by atoms with E-state index in [9.17, 15) is 0 Å². The van der Waals surface area contributed by atoms with Crippen molar-refractivity contribution in [2.24, 2.45) is 5.92 Å². The van der Waals surface area contributed by atoms with E-state index in [0.29, 0.717) is 6.04 Å². The molecule has 94 valence electrons. The molecule has 0 aromatic rings. The van der Waals surface area contributed by atoms with E-state index in [1.807, 2.05) is 0 Å². The van der Waals surface area contributed by atoms with Gasteiger partial charge in [-0.1, -0.05) is 12.8 Å². The fourth-order valence-electron chi connectivity index (χ4n) is 3.36. The topological polar surface area (TPSA) is 15.3 Å². The molecule has 2 rings (SSSR count). The Morgan fingerprint density at radius 2 is 1.75 bits per heavy atom. The summed E-state index contributed by atoms with van der Waals surface area (Å²) in [7, 11) is 0. The first-order valence-electron chi connectivity index (χ1n) is 7.17. The molecule has 2 fully saturated rings. The number of hydrogen-bond acceptors (Lipinski definition) is 2. The van der Waals surface area contributed by atoms with Crippen molar-refractivity contribution >= 4 is 0 Å². The maximum Gasteiger partial charge on any atom is 0.0209 e. The highest BCUT2D eigenvalue weighted by Crippen LogP contribution is 2.28. The zero-order valence-corrected chi connectivity index (χ0v) is 11.2. The lowest BCUT2D eigenvalue weighted by Gasteiger charge is -2.25. The number of hydrogen-bond donors (Lipinski definition) is 1. The molecule has 2 nitrogen and oxygen atoms in total. The van der Waals surface area contributed by atoms with Crippen LogP contribution in [-0.2, 0) is 0 Å². The first-order chi connectivity index (χ1) is 7.66. The quantitative estimate of drug-likeness (QED) is 0.790. The molecule has 1 saturated carbocycles. The highest BCUT2D eigenvalue weighted by molar-refractivity contribution is 4.87. The maximum atomic E-state index is 3.86. The largest absolute Gasteiger partial charge is 0.310 e. The molecule has 2 aliphatic rings. The molecule has 1 N–H and O–H groups in total. The fourth-order valence-corrected chi connectivity index (χ4v) is 3.36. The minimum absolute atomic E-state index is 0.716. The van der Waals surface area contributed by atoms with Crippen molar-refractivity contribution in [3.63, 3.8) is 0 Å². The van der Waals surface area contributed by atoms with Crippen LogP contribution in [0.2, 0.25) is 0 Å². The summed E-state index contributed by atoms with van der Waals surface area (Å²) in [5, 5.41) is 3.86. The van der Waals surface area contributed by atoms with E-state index < -0.39 is 0 Å². The average molecular weight is 224 g/mol. The first-order valence-corrected chi connectivity index (χ1v) is 7.17. The van der Waals surface area contributed by atoms with E-state index in [-0.39, 0.29) is 0 Å². The molecule has 2 heteroatoms. The summed E-state index contributed by atoms with van der Waals surface area (Å²) in [5.41, 5.74) is 0. The molecule has 0 bridgehead atoms. The summed E-state index contributed by atoms with van der Waals surface area (Å²) in [5.74, 6) is 0.952. The van der Waals surface area contributed by atoms with Gasteiger partial charge in [-0.05, 0) is 52.5 Å². The van der Waals surface area contributed by atoms with E-state index in [4.69, 9.17) is 0 Å². The van der Waals surface area contributed by atoms with Crippen LogP contribution >= 0.6 is 0 Å². The van der Waals surface area contributed by atoms with Gasteiger partial charge in [0.1, 0.15) is 0 Å². The van der Waals surface area contributed by atoms with Crippen molar-refractivity contribution in [2.75, 3.05) is 13.1 Å². The third-order valence-corrected chi connectivity index (χ3v) is 4.56. The fraction of sp³-hybridized carbons (Fsp3) is 1.00. The van der Waals surface area contributed by atoms with E-state index >= 15 is 0 Å².